The maximum absolute atomic E-state index is 2.50. The van der Waals surface area contributed by atoms with Gasteiger partial charge in [-0.1, -0.05) is 6.07 Å². The third-order valence-corrected chi connectivity index (χ3v) is 3.10. The van der Waals surface area contributed by atoms with Gasteiger partial charge in [0.25, 0.3) is 0 Å². The number of benzene rings is 1. The van der Waals surface area contributed by atoms with Crippen LogP contribution in [0, 0.1) is 0 Å². The minimum Gasteiger partial charge on any atom is -0.411 e. The first-order chi connectivity index (χ1) is 6.95. The summed E-state index contributed by atoms with van der Waals surface area (Å²) in [6, 6.07) is 13.1. The normalized spacial score (nSPS) is 15.6. The Bertz CT molecular complexity index is 440. The Morgan fingerprint density at radius 3 is 2.53 bits per heavy atom. The van der Waals surface area contributed by atoms with E-state index < -0.39 is 0 Å². The van der Waals surface area contributed by atoms with Crippen molar-refractivity contribution < 1.29 is 18.9 Å². The molecule has 1 nitrogen and oxygen atoms in total. The molecular weight excluding hydrogens is 177 g/mol. The third kappa shape index (κ3) is 1.82. The minimum atomic E-state index is 0. The fraction of sp³-hybridized carbons (Fsp3) is 0.308. The Morgan fingerprint density at radius 1 is 1.00 bits per heavy atom. The Labute approximate surface area is 103 Å². The maximum atomic E-state index is 2.50. The maximum Gasteiger partial charge on any atom is 1.00 e. The largest absolute Gasteiger partial charge is 1.00 e. The van der Waals surface area contributed by atoms with Crippen LogP contribution in [0.4, 0.5) is 5.69 Å². The second-order valence-corrected chi connectivity index (χ2v) is 4.00. The summed E-state index contributed by atoms with van der Waals surface area (Å²) in [4.78, 5) is 2.50. The number of anilines is 1. The average molecular weight is 191 g/mol. The SMILES string of the molecule is [Li+].c1ccc2c(c1)cc[c-]2N1CCCC1. The van der Waals surface area contributed by atoms with E-state index in [-0.39, 0.29) is 18.9 Å². The van der Waals surface area contributed by atoms with Crippen molar-refractivity contribution in [3.63, 3.8) is 0 Å². The molecule has 1 aliphatic heterocycles. The summed E-state index contributed by atoms with van der Waals surface area (Å²) < 4.78 is 0. The molecule has 0 bridgehead atoms. The van der Waals surface area contributed by atoms with E-state index in [4.69, 9.17) is 0 Å². The molecule has 0 amide bonds. The Kier molecular flexibility index (Phi) is 3.14. The topological polar surface area (TPSA) is 3.24 Å². The van der Waals surface area contributed by atoms with Gasteiger partial charge in [-0.25, -0.2) is 0 Å². The molecule has 15 heavy (non-hydrogen) atoms. The van der Waals surface area contributed by atoms with Crippen LogP contribution in [0.15, 0.2) is 36.4 Å². The number of rotatable bonds is 1. The third-order valence-electron chi connectivity index (χ3n) is 3.10. The van der Waals surface area contributed by atoms with Crippen molar-refractivity contribution in [2.45, 2.75) is 12.8 Å². The zero-order valence-electron chi connectivity index (χ0n) is 9.24. The van der Waals surface area contributed by atoms with Crippen LogP contribution in [0.3, 0.4) is 0 Å². The molecule has 2 heteroatoms. The molecule has 0 spiro atoms. The standard InChI is InChI=1S/C13H14N.Li/c1-2-6-12-11(5-1)7-8-13(12)14-9-3-4-10-14;/h1-2,5-8H,3-4,9-10H2;/q-1;+1. The van der Waals surface area contributed by atoms with Gasteiger partial charge in [0.15, 0.2) is 0 Å². The van der Waals surface area contributed by atoms with Crippen molar-refractivity contribution in [1.29, 1.82) is 0 Å². The van der Waals surface area contributed by atoms with E-state index in [1.54, 1.807) is 0 Å². The molecule has 72 valence electrons. The van der Waals surface area contributed by atoms with E-state index in [1.165, 1.54) is 42.4 Å². The van der Waals surface area contributed by atoms with Crippen molar-refractivity contribution in [2.24, 2.45) is 0 Å². The van der Waals surface area contributed by atoms with Crippen LogP contribution in [-0.2, 0) is 0 Å². The van der Waals surface area contributed by atoms with Crippen LogP contribution in [0.1, 0.15) is 12.8 Å². The van der Waals surface area contributed by atoms with Crippen LogP contribution >= 0.6 is 0 Å². The van der Waals surface area contributed by atoms with Crippen molar-refractivity contribution in [3.05, 3.63) is 36.4 Å². The van der Waals surface area contributed by atoms with Gasteiger partial charge in [-0.3, -0.25) is 0 Å². The fourth-order valence-corrected chi connectivity index (χ4v) is 2.37. The fourth-order valence-electron chi connectivity index (χ4n) is 2.37. The quantitative estimate of drug-likeness (QED) is 0.458. The molecule has 1 saturated heterocycles. The van der Waals surface area contributed by atoms with Crippen molar-refractivity contribution >= 4 is 16.5 Å². The van der Waals surface area contributed by atoms with Crippen LogP contribution in [0.25, 0.3) is 10.8 Å². The van der Waals surface area contributed by atoms with Gasteiger partial charge in [0.05, 0.1) is 0 Å². The van der Waals surface area contributed by atoms with Crippen LogP contribution in [-0.4, -0.2) is 13.1 Å². The van der Waals surface area contributed by atoms with E-state index in [1.807, 2.05) is 0 Å². The molecule has 1 heterocycles. The first-order valence-corrected chi connectivity index (χ1v) is 5.34. The molecule has 2 aromatic rings. The Morgan fingerprint density at radius 2 is 1.73 bits per heavy atom. The van der Waals surface area contributed by atoms with E-state index in [0.717, 1.165) is 0 Å². The summed E-state index contributed by atoms with van der Waals surface area (Å²) in [5.74, 6) is 0. The van der Waals surface area contributed by atoms with Crippen LogP contribution in [0.2, 0.25) is 0 Å². The van der Waals surface area contributed by atoms with Crippen molar-refractivity contribution in [2.75, 3.05) is 18.0 Å². The molecule has 1 aliphatic rings. The van der Waals surface area contributed by atoms with Gasteiger partial charge in [-0.05, 0) is 18.5 Å². The minimum absolute atomic E-state index is 0. The zero-order valence-corrected chi connectivity index (χ0v) is 9.24. The van der Waals surface area contributed by atoms with Gasteiger partial charge in [0.2, 0.25) is 0 Å². The first kappa shape index (κ1) is 10.7. The number of fused-ring (bicyclic) bond motifs is 1. The molecule has 0 atom stereocenters. The van der Waals surface area contributed by atoms with Crippen LogP contribution < -0.4 is 23.8 Å². The van der Waals surface area contributed by atoms with Gasteiger partial charge in [-0.15, -0.1) is 35.0 Å². The van der Waals surface area contributed by atoms with Gasteiger partial charge >= 0.3 is 18.9 Å². The summed E-state index contributed by atoms with van der Waals surface area (Å²) >= 11 is 0. The molecule has 1 fully saturated rings. The molecule has 0 N–H and O–H groups in total. The van der Waals surface area contributed by atoms with E-state index >= 15 is 0 Å². The summed E-state index contributed by atoms with van der Waals surface area (Å²) in [5, 5.41) is 2.78. The summed E-state index contributed by atoms with van der Waals surface area (Å²) in [6.07, 6.45) is 2.69. The predicted octanol–water partition coefficient (Wildman–Crippen LogP) is 0.163. The summed E-state index contributed by atoms with van der Waals surface area (Å²) in [5.41, 5.74) is 1.43. The van der Waals surface area contributed by atoms with Crippen molar-refractivity contribution in [1.82, 2.24) is 0 Å². The Hall–Kier alpha value is -0.773. The zero-order chi connectivity index (χ0) is 9.38. The number of nitrogens with zero attached hydrogens (tertiary/aromatic N) is 1. The number of hydrogen-bond acceptors (Lipinski definition) is 1. The molecule has 3 rings (SSSR count). The average Bonchev–Trinajstić information content (AvgIpc) is 2.85. The van der Waals surface area contributed by atoms with E-state index in [0.29, 0.717) is 0 Å². The molecule has 0 saturated carbocycles. The smallest absolute Gasteiger partial charge is 0.411 e. The summed E-state index contributed by atoms with van der Waals surface area (Å²) in [7, 11) is 0. The van der Waals surface area contributed by atoms with Gasteiger partial charge in [-0.2, -0.15) is 6.07 Å². The van der Waals surface area contributed by atoms with Crippen LogP contribution in [0.5, 0.6) is 0 Å². The van der Waals surface area contributed by atoms with Gasteiger partial charge in [0, 0.05) is 13.1 Å². The molecule has 0 radical (unpaired) electrons. The van der Waals surface area contributed by atoms with E-state index in [2.05, 4.69) is 41.3 Å². The summed E-state index contributed by atoms with van der Waals surface area (Å²) in [6.45, 7) is 2.46. The second-order valence-electron chi connectivity index (χ2n) is 4.00. The first-order valence-electron chi connectivity index (χ1n) is 5.34. The predicted molar refractivity (Wildman–Crippen MR) is 61.0 cm³/mol. The number of hydrogen-bond donors (Lipinski definition) is 0. The monoisotopic (exact) mass is 191 g/mol. The molecule has 0 aromatic heterocycles. The molecule has 0 aliphatic carbocycles. The molecule has 2 aromatic carbocycles. The molecular formula is C13H14LiN. The van der Waals surface area contributed by atoms with E-state index in [9.17, 15) is 0 Å². The van der Waals surface area contributed by atoms with Crippen molar-refractivity contribution in [3.8, 4) is 0 Å². The second kappa shape index (κ2) is 4.39. The van der Waals surface area contributed by atoms with Gasteiger partial charge < -0.3 is 4.90 Å². The Balaban J connectivity index is 0.000000853. The van der Waals surface area contributed by atoms with Gasteiger partial charge in [0.1, 0.15) is 0 Å². The molecule has 0 unspecified atom stereocenters.